The van der Waals surface area contributed by atoms with Crippen molar-refractivity contribution in [2.24, 2.45) is 0 Å². The smallest absolute Gasteiger partial charge is 0.337 e. The summed E-state index contributed by atoms with van der Waals surface area (Å²) in [5.41, 5.74) is 7.08. The van der Waals surface area contributed by atoms with Gasteiger partial charge < -0.3 is 15.0 Å². The van der Waals surface area contributed by atoms with Crippen molar-refractivity contribution >= 4 is 17.6 Å². The number of methoxy groups -OCH3 is 1. The van der Waals surface area contributed by atoms with Gasteiger partial charge in [-0.2, -0.15) is 0 Å². The summed E-state index contributed by atoms with van der Waals surface area (Å²) in [5, 5.41) is 3.35. The molecule has 0 radical (unpaired) electrons. The zero-order valence-corrected chi connectivity index (χ0v) is 20.3. The Morgan fingerprint density at radius 3 is 2.29 bits per heavy atom. The van der Waals surface area contributed by atoms with Gasteiger partial charge in [0.25, 0.3) is 5.91 Å². The molecule has 0 saturated heterocycles. The predicted octanol–water partition coefficient (Wildman–Crippen LogP) is 5.25. The Kier molecular flexibility index (Phi) is 4.99. The normalized spacial score (nSPS) is 18.2. The summed E-state index contributed by atoms with van der Waals surface area (Å²) < 4.78 is 4.81. The summed E-state index contributed by atoms with van der Waals surface area (Å²) in [5.74, 6) is -0.379. The summed E-state index contributed by atoms with van der Waals surface area (Å²) >= 11 is 0. The molecule has 35 heavy (non-hydrogen) atoms. The molecule has 1 spiro atoms. The lowest BCUT2D eigenvalue weighted by Crippen LogP contribution is -2.36. The highest BCUT2D eigenvalue weighted by Crippen LogP contribution is 2.57. The van der Waals surface area contributed by atoms with Crippen molar-refractivity contribution < 1.29 is 14.3 Å². The third kappa shape index (κ3) is 3.79. The van der Waals surface area contributed by atoms with Gasteiger partial charge in [-0.05, 0) is 67.5 Å². The molecule has 0 unspecified atom stereocenters. The minimum Gasteiger partial charge on any atom is -0.465 e. The molecule has 0 bridgehead atoms. The molecule has 1 aliphatic heterocycles. The highest BCUT2D eigenvalue weighted by atomic mass is 16.5. The second kappa shape index (κ2) is 7.98. The minimum atomic E-state index is -0.369. The van der Waals surface area contributed by atoms with Crippen molar-refractivity contribution in [3.05, 3.63) is 100 Å². The van der Waals surface area contributed by atoms with E-state index < -0.39 is 0 Å². The fraction of sp³-hybridized carbons (Fsp3) is 0.333. The first-order chi connectivity index (χ1) is 16.9. The van der Waals surface area contributed by atoms with Crippen LogP contribution in [-0.2, 0) is 22.2 Å². The number of benzene rings is 3. The maximum absolute atomic E-state index is 13.7. The van der Waals surface area contributed by atoms with Gasteiger partial charge in [0.2, 0.25) is 0 Å². The van der Waals surface area contributed by atoms with Crippen LogP contribution < -0.4 is 10.2 Å². The molecule has 5 heteroatoms. The largest absolute Gasteiger partial charge is 0.465 e. The van der Waals surface area contributed by atoms with E-state index >= 15 is 0 Å². The first-order valence-electron chi connectivity index (χ1n) is 12.4. The molecule has 2 aliphatic carbocycles. The molecule has 178 valence electrons. The Balaban J connectivity index is 1.28. The standard InChI is InChI=1S/C30H30N2O3/c1-20-6-8-21(9-7-20)18-32-19-29(14-15-29)25-5-3-4-24(26(25)32)27(33)31-30(16-17-30)23-12-10-22(11-13-23)28(34)35-2/h3-13H,14-19H2,1-2H3,(H,31,33). The number of hydrogen-bond donors (Lipinski definition) is 1. The van der Waals surface area contributed by atoms with Crippen LogP contribution in [-0.4, -0.2) is 25.5 Å². The van der Waals surface area contributed by atoms with Crippen LogP contribution in [0.5, 0.6) is 0 Å². The molecule has 1 amide bonds. The van der Waals surface area contributed by atoms with E-state index in [0.29, 0.717) is 5.56 Å². The molecular formula is C30H30N2O3. The van der Waals surface area contributed by atoms with E-state index in [9.17, 15) is 9.59 Å². The van der Waals surface area contributed by atoms with Crippen LogP contribution in [0.15, 0.2) is 66.7 Å². The highest BCUT2D eigenvalue weighted by Gasteiger charge is 2.53. The van der Waals surface area contributed by atoms with Gasteiger partial charge in [0.15, 0.2) is 0 Å². The maximum Gasteiger partial charge on any atom is 0.337 e. The van der Waals surface area contributed by atoms with Gasteiger partial charge in [0.05, 0.1) is 29.5 Å². The van der Waals surface area contributed by atoms with Crippen LogP contribution in [0.1, 0.15) is 68.7 Å². The lowest BCUT2D eigenvalue weighted by molar-refractivity contribution is 0.0600. The number of ether oxygens (including phenoxy) is 1. The van der Waals surface area contributed by atoms with Crippen molar-refractivity contribution in [1.82, 2.24) is 5.32 Å². The second-order valence-corrected chi connectivity index (χ2v) is 10.4. The number of carbonyl (C=O) groups is 2. The molecule has 0 aromatic heterocycles. The number of aryl methyl sites for hydroxylation is 1. The van der Waals surface area contributed by atoms with Crippen LogP contribution in [0.25, 0.3) is 0 Å². The Hall–Kier alpha value is -3.60. The number of nitrogens with one attached hydrogen (secondary N) is 1. The van der Waals surface area contributed by atoms with Crippen LogP contribution in [0.3, 0.4) is 0 Å². The average molecular weight is 467 g/mol. The van der Waals surface area contributed by atoms with E-state index in [1.54, 1.807) is 12.1 Å². The van der Waals surface area contributed by atoms with Gasteiger partial charge in [0.1, 0.15) is 0 Å². The van der Waals surface area contributed by atoms with Gasteiger partial charge in [-0.25, -0.2) is 4.79 Å². The first kappa shape index (κ1) is 21.9. The average Bonchev–Trinajstić information content (AvgIpc) is 3.80. The van der Waals surface area contributed by atoms with Gasteiger partial charge >= 0.3 is 5.97 Å². The number of fused-ring (bicyclic) bond motifs is 2. The number of esters is 1. The van der Waals surface area contributed by atoms with E-state index in [1.807, 2.05) is 24.3 Å². The maximum atomic E-state index is 13.7. The third-order valence-electron chi connectivity index (χ3n) is 7.97. The molecule has 3 aromatic rings. The Labute approximate surface area is 206 Å². The quantitative estimate of drug-likeness (QED) is 0.504. The van der Waals surface area contributed by atoms with E-state index in [2.05, 4.69) is 47.5 Å². The fourth-order valence-corrected chi connectivity index (χ4v) is 5.59. The van der Waals surface area contributed by atoms with Crippen molar-refractivity contribution in [2.75, 3.05) is 18.6 Å². The third-order valence-corrected chi connectivity index (χ3v) is 7.97. The molecule has 3 aliphatic rings. The molecular weight excluding hydrogens is 436 g/mol. The molecule has 0 atom stereocenters. The number of carbonyl (C=O) groups excluding carboxylic acids is 2. The summed E-state index contributed by atoms with van der Waals surface area (Å²) in [6.07, 6.45) is 4.16. The van der Waals surface area contributed by atoms with Gasteiger partial charge in [-0.1, -0.05) is 54.1 Å². The predicted molar refractivity (Wildman–Crippen MR) is 136 cm³/mol. The zero-order chi connectivity index (χ0) is 24.2. The van der Waals surface area contributed by atoms with Crippen molar-refractivity contribution in [1.29, 1.82) is 0 Å². The van der Waals surface area contributed by atoms with Crippen molar-refractivity contribution in [3.63, 3.8) is 0 Å². The molecule has 2 fully saturated rings. The first-order valence-corrected chi connectivity index (χ1v) is 12.4. The van der Waals surface area contributed by atoms with Crippen LogP contribution in [0.2, 0.25) is 0 Å². The molecule has 3 aromatic carbocycles. The Morgan fingerprint density at radius 2 is 1.66 bits per heavy atom. The van der Waals surface area contributed by atoms with Gasteiger partial charge in [0, 0.05) is 18.5 Å². The van der Waals surface area contributed by atoms with Crippen LogP contribution in [0.4, 0.5) is 5.69 Å². The molecule has 1 N–H and O–H groups in total. The number of para-hydroxylation sites is 1. The summed E-state index contributed by atoms with van der Waals surface area (Å²) in [6, 6.07) is 22.3. The molecule has 6 rings (SSSR count). The van der Waals surface area contributed by atoms with E-state index in [-0.39, 0.29) is 22.8 Å². The summed E-state index contributed by atoms with van der Waals surface area (Å²) in [7, 11) is 1.38. The Morgan fingerprint density at radius 1 is 0.943 bits per heavy atom. The number of hydrogen-bond acceptors (Lipinski definition) is 4. The Bertz CT molecular complexity index is 1300. The van der Waals surface area contributed by atoms with Gasteiger partial charge in [-0.15, -0.1) is 0 Å². The second-order valence-electron chi connectivity index (χ2n) is 10.4. The van der Waals surface area contributed by atoms with Crippen molar-refractivity contribution in [2.45, 2.75) is 50.1 Å². The number of nitrogens with zero attached hydrogens (tertiary/aromatic N) is 1. The van der Waals surface area contributed by atoms with Gasteiger partial charge in [-0.3, -0.25) is 4.79 Å². The van der Waals surface area contributed by atoms with Crippen LogP contribution >= 0.6 is 0 Å². The topological polar surface area (TPSA) is 58.6 Å². The van der Waals surface area contributed by atoms with E-state index in [4.69, 9.17) is 4.74 Å². The molecule has 2 saturated carbocycles. The summed E-state index contributed by atoms with van der Waals surface area (Å²) in [6.45, 7) is 3.88. The number of anilines is 1. The van der Waals surface area contributed by atoms with E-state index in [1.165, 1.54) is 36.6 Å². The lowest BCUT2D eigenvalue weighted by Gasteiger charge is -2.24. The number of rotatable bonds is 6. The van der Waals surface area contributed by atoms with Crippen LogP contribution in [0, 0.1) is 6.92 Å². The van der Waals surface area contributed by atoms with Crippen molar-refractivity contribution in [3.8, 4) is 0 Å². The number of amides is 1. The van der Waals surface area contributed by atoms with E-state index in [0.717, 1.165) is 42.7 Å². The highest BCUT2D eigenvalue weighted by molar-refractivity contribution is 6.02. The fourth-order valence-electron chi connectivity index (χ4n) is 5.59. The SMILES string of the molecule is COC(=O)c1ccc(C2(NC(=O)c3cccc4c3N(Cc3ccc(C)cc3)CC43CC3)CC2)cc1. The zero-order valence-electron chi connectivity index (χ0n) is 20.3. The summed E-state index contributed by atoms with van der Waals surface area (Å²) in [4.78, 5) is 27.9. The lowest BCUT2D eigenvalue weighted by atomic mass is 9.96. The monoisotopic (exact) mass is 466 g/mol. The minimum absolute atomic E-state index is 0.0250. The molecule has 1 heterocycles. The molecule has 5 nitrogen and oxygen atoms in total.